The molecule has 0 atom stereocenters. The SMILES string of the molecule is N#Cc1cc(=O)cc2sc3ccccc3cc1-2. The second-order valence-corrected chi connectivity index (χ2v) is 4.86. The summed E-state index contributed by atoms with van der Waals surface area (Å²) in [5.74, 6) is 0. The minimum absolute atomic E-state index is 0.111. The van der Waals surface area contributed by atoms with Crippen molar-refractivity contribution in [3.8, 4) is 16.5 Å². The van der Waals surface area contributed by atoms with Gasteiger partial charge in [0.15, 0.2) is 5.43 Å². The van der Waals surface area contributed by atoms with Crippen LogP contribution in [0, 0.1) is 11.3 Å². The summed E-state index contributed by atoms with van der Waals surface area (Å²) in [5, 5.41) is 10.1. The molecule has 0 saturated carbocycles. The van der Waals surface area contributed by atoms with Crippen molar-refractivity contribution in [3.05, 3.63) is 58.3 Å². The molecular formula is C14H7NOS. The molecule has 3 heteroatoms. The molecular weight excluding hydrogens is 230 g/mol. The van der Waals surface area contributed by atoms with E-state index in [2.05, 4.69) is 6.07 Å². The average molecular weight is 237 g/mol. The van der Waals surface area contributed by atoms with Crippen molar-refractivity contribution >= 4 is 21.4 Å². The molecule has 0 aromatic heterocycles. The Morgan fingerprint density at radius 2 is 1.94 bits per heavy atom. The van der Waals surface area contributed by atoms with Crippen LogP contribution >= 0.6 is 11.3 Å². The van der Waals surface area contributed by atoms with Crippen molar-refractivity contribution in [2.75, 3.05) is 0 Å². The zero-order chi connectivity index (χ0) is 11.8. The molecule has 1 aliphatic carbocycles. The molecule has 0 saturated heterocycles. The summed E-state index contributed by atoms with van der Waals surface area (Å²) in [6.07, 6.45) is 0. The van der Waals surface area contributed by atoms with E-state index in [9.17, 15) is 4.79 Å². The van der Waals surface area contributed by atoms with Gasteiger partial charge in [-0.05, 0) is 17.5 Å². The van der Waals surface area contributed by atoms with E-state index in [-0.39, 0.29) is 5.43 Å². The number of benzene rings is 2. The van der Waals surface area contributed by atoms with Crippen LogP contribution in [-0.2, 0) is 0 Å². The molecule has 17 heavy (non-hydrogen) atoms. The van der Waals surface area contributed by atoms with Crippen LogP contribution in [0.5, 0.6) is 0 Å². The largest absolute Gasteiger partial charge is 0.290 e. The maximum Gasteiger partial charge on any atom is 0.181 e. The maximum atomic E-state index is 11.5. The fraction of sp³-hybridized carbons (Fsp3) is 0. The summed E-state index contributed by atoms with van der Waals surface area (Å²) in [6, 6.07) is 15.0. The minimum Gasteiger partial charge on any atom is -0.290 e. The van der Waals surface area contributed by atoms with Crippen molar-refractivity contribution in [1.29, 1.82) is 5.26 Å². The molecule has 0 bridgehead atoms. The van der Waals surface area contributed by atoms with E-state index in [4.69, 9.17) is 5.26 Å². The standard InChI is InChI=1S/C14H7NOS/c15-8-10-5-11(16)7-14-12(10)6-9-3-1-2-4-13(9)17-14/h1-7H. The first-order valence-electron chi connectivity index (χ1n) is 5.15. The van der Waals surface area contributed by atoms with Gasteiger partial charge >= 0.3 is 0 Å². The smallest absolute Gasteiger partial charge is 0.181 e. The van der Waals surface area contributed by atoms with Crippen molar-refractivity contribution in [2.45, 2.75) is 0 Å². The summed E-state index contributed by atoms with van der Waals surface area (Å²) in [4.78, 5) is 12.3. The zero-order valence-corrected chi connectivity index (χ0v) is 9.62. The summed E-state index contributed by atoms with van der Waals surface area (Å²) in [6.45, 7) is 0. The van der Waals surface area contributed by atoms with Gasteiger partial charge in [-0.1, -0.05) is 18.2 Å². The Kier molecular flexibility index (Phi) is 2.17. The quantitative estimate of drug-likeness (QED) is 0.563. The first kappa shape index (κ1) is 10.0. The lowest BCUT2D eigenvalue weighted by molar-refractivity contribution is 1.47. The molecule has 0 amide bonds. The molecule has 3 rings (SSSR count). The van der Waals surface area contributed by atoms with Gasteiger partial charge in [0.2, 0.25) is 0 Å². The van der Waals surface area contributed by atoms with E-state index in [0.29, 0.717) is 5.56 Å². The highest BCUT2D eigenvalue weighted by Gasteiger charge is 2.11. The summed E-state index contributed by atoms with van der Waals surface area (Å²) in [7, 11) is 0. The molecule has 2 aliphatic rings. The van der Waals surface area contributed by atoms with Crippen LogP contribution in [0.2, 0.25) is 0 Å². The zero-order valence-electron chi connectivity index (χ0n) is 8.81. The second-order valence-electron chi connectivity index (χ2n) is 3.78. The molecule has 0 unspecified atom stereocenters. The Balaban J connectivity index is 2.53. The molecule has 0 spiro atoms. The van der Waals surface area contributed by atoms with Crippen LogP contribution in [0.25, 0.3) is 20.5 Å². The third-order valence-corrected chi connectivity index (χ3v) is 3.82. The lowest BCUT2D eigenvalue weighted by Gasteiger charge is -2.07. The molecule has 0 N–H and O–H groups in total. The van der Waals surface area contributed by atoms with Crippen molar-refractivity contribution in [3.63, 3.8) is 0 Å². The Bertz CT molecular complexity index is 782. The number of nitriles is 1. The van der Waals surface area contributed by atoms with Gasteiger partial charge in [-0.3, -0.25) is 4.79 Å². The topological polar surface area (TPSA) is 40.9 Å². The van der Waals surface area contributed by atoms with E-state index >= 15 is 0 Å². The highest BCUT2D eigenvalue weighted by Crippen LogP contribution is 2.33. The van der Waals surface area contributed by atoms with Crippen LogP contribution in [-0.4, -0.2) is 0 Å². The Morgan fingerprint density at radius 3 is 2.76 bits per heavy atom. The van der Waals surface area contributed by atoms with Gasteiger partial charge in [0.1, 0.15) is 0 Å². The lowest BCUT2D eigenvalue weighted by atomic mass is 10.0. The molecule has 1 heterocycles. The monoisotopic (exact) mass is 237 g/mol. The number of hydrogen-bond donors (Lipinski definition) is 0. The first-order valence-corrected chi connectivity index (χ1v) is 5.96. The van der Waals surface area contributed by atoms with E-state index < -0.39 is 0 Å². The van der Waals surface area contributed by atoms with Crippen LogP contribution < -0.4 is 5.43 Å². The third-order valence-electron chi connectivity index (χ3n) is 2.67. The van der Waals surface area contributed by atoms with Crippen molar-refractivity contribution < 1.29 is 0 Å². The van der Waals surface area contributed by atoms with Crippen LogP contribution in [0.4, 0.5) is 0 Å². The van der Waals surface area contributed by atoms with Gasteiger partial charge in [0.05, 0.1) is 11.6 Å². The van der Waals surface area contributed by atoms with Gasteiger partial charge in [0, 0.05) is 27.3 Å². The van der Waals surface area contributed by atoms with E-state index in [1.165, 1.54) is 6.07 Å². The van der Waals surface area contributed by atoms with Crippen molar-refractivity contribution in [2.24, 2.45) is 0 Å². The summed E-state index contributed by atoms with van der Waals surface area (Å²) >= 11 is 1.54. The normalized spacial score (nSPS) is 10.5. The number of hydrogen-bond acceptors (Lipinski definition) is 3. The maximum absolute atomic E-state index is 11.5. The van der Waals surface area contributed by atoms with Crippen LogP contribution in [0.1, 0.15) is 5.56 Å². The van der Waals surface area contributed by atoms with E-state index in [1.54, 1.807) is 17.4 Å². The third kappa shape index (κ3) is 1.59. The molecule has 1 aromatic rings. The first-order chi connectivity index (χ1) is 8.28. The summed E-state index contributed by atoms with van der Waals surface area (Å²) < 4.78 is 1.12. The number of rotatable bonds is 0. The predicted octanol–water partition coefficient (Wildman–Crippen LogP) is 3.24. The molecule has 0 radical (unpaired) electrons. The van der Waals surface area contributed by atoms with Crippen LogP contribution in [0.3, 0.4) is 0 Å². The van der Waals surface area contributed by atoms with Gasteiger partial charge in [0.25, 0.3) is 0 Å². The fourth-order valence-corrected chi connectivity index (χ4v) is 2.98. The van der Waals surface area contributed by atoms with E-state index in [0.717, 1.165) is 20.5 Å². The predicted molar refractivity (Wildman–Crippen MR) is 69.4 cm³/mol. The minimum atomic E-state index is -0.111. The number of fused-ring (bicyclic) bond motifs is 2. The highest BCUT2D eigenvalue weighted by molar-refractivity contribution is 7.21. The molecule has 1 aromatic carbocycles. The van der Waals surface area contributed by atoms with Gasteiger partial charge in [-0.2, -0.15) is 5.26 Å². The molecule has 2 nitrogen and oxygen atoms in total. The van der Waals surface area contributed by atoms with Gasteiger partial charge in [-0.15, -0.1) is 11.3 Å². The van der Waals surface area contributed by atoms with Gasteiger partial charge in [-0.25, -0.2) is 0 Å². The highest BCUT2D eigenvalue weighted by atomic mass is 32.1. The number of nitrogens with zero attached hydrogens (tertiary/aromatic N) is 1. The Hall–Kier alpha value is -2.18. The fourth-order valence-electron chi connectivity index (χ4n) is 1.89. The molecule has 80 valence electrons. The van der Waals surface area contributed by atoms with Crippen molar-refractivity contribution in [1.82, 2.24) is 0 Å². The lowest BCUT2D eigenvalue weighted by Crippen LogP contribution is -2.00. The Labute approximate surface area is 102 Å². The molecule has 0 fully saturated rings. The Morgan fingerprint density at radius 1 is 1.12 bits per heavy atom. The average Bonchev–Trinajstić information content (AvgIpc) is 2.35. The second kappa shape index (κ2) is 3.69. The molecule has 1 aliphatic heterocycles. The van der Waals surface area contributed by atoms with Gasteiger partial charge < -0.3 is 0 Å². The van der Waals surface area contributed by atoms with Crippen LogP contribution in [0.15, 0.2) is 47.3 Å². The van der Waals surface area contributed by atoms with E-state index in [1.807, 2.05) is 30.3 Å². The summed E-state index contributed by atoms with van der Waals surface area (Å²) in [5.41, 5.74) is 1.20.